The van der Waals surface area contributed by atoms with Gasteiger partial charge in [0.15, 0.2) is 0 Å². The van der Waals surface area contributed by atoms with Crippen LogP contribution in [-0.2, 0) is 23.0 Å². The number of nitrogens with zero attached hydrogens (tertiary/aromatic N) is 4. The number of likely N-dealkylation sites (tertiary alicyclic amines) is 2. The number of carbonyl (C=O) groups is 1. The third-order valence-corrected chi connectivity index (χ3v) is 10.3. The van der Waals surface area contributed by atoms with Crippen LogP contribution in [0.1, 0.15) is 65.3 Å². The van der Waals surface area contributed by atoms with E-state index in [1.54, 1.807) is 6.20 Å². The first-order valence-corrected chi connectivity index (χ1v) is 17.7. The van der Waals surface area contributed by atoms with Crippen molar-refractivity contribution in [1.82, 2.24) is 19.5 Å². The third kappa shape index (κ3) is 7.86. The lowest BCUT2D eigenvalue weighted by atomic mass is 9.85. The van der Waals surface area contributed by atoms with Crippen molar-refractivity contribution in [2.45, 2.75) is 71.0 Å². The summed E-state index contributed by atoms with van der Waals surface area (Å²) in [7, 11) is -3.19. The molecule has 0 bridgehead atoms. The highest BCUT2D eigenvalue weighted by molar-refractivity contribution is 7.88. The van der Waals surface area contributed by atoms with Crippen LogP contribution in [-0.4, -0.2) is 79.7 Å². The van der Waals surface area contributed by atoms with E-state index in [1.165, 1.54) is 17.5 Å². The van der Waals surface area contributed by atoms with Gasteiger partial charge in [0, 0.05) is 62.7 Å². The molecule has 3 aromatic rings. The number of piperidine rings is 2. The van der Waals surface area contributed by atoms with E-state index in [9.17, 15) is 13.2 Å². The first kappa shape index (κ1) is 32.1. The fourth-order valence-electron chi connectivity index (χ4n) is 6.85. The van der Waals surface area contributed by atoms with Crippen molar-refractivity contribution in [3.05, 3.63) is 94.8 Å². The highest BCUT2D eigenvalue weighted by atomic mass is 32.2. The van der Waals surface area contributed by atoms with Crippen LogP contribution in [0.3, 0.4) is 0 Å². The molecular formula is C35H47N5O3S. The standard InChI is InChI=1S/C35H47N5O3S/c1-27-14-20-36-28(2)33(27)34(41)38-24-18-35(3,19-25-38)39-22-16-32(17-23-39)40(26-30-8-6-5-7-9-30)31-12-10-29(11-13-31)15-21-37-44(4,42)43/h5-14,20,32,37H,15-19,21-26H2,1-4H3. The average Bonchev–Trinajstić information content (AvgIpc) is 3.00. The van der Waals surface area contributed by atoms with Crippen molar-refractivity contribution in [2.24, 2.45) is 0 Å². The van der Waals surface area contributed by atoms with E-state index in [0.29, 0.717) is 19.0 Å². The van der Waals surface area contributed by atoms with Crippen LogP contribution in [0.15, 0.2) is 66.9 Å². The molecule has 0 radical (unpaired) electrons. The van der Waals surface area contributed by atoms with Gasteiger partial charge in [0.05, 0.1) is 17.5 Å². The number of sulfonamides is 1. The predicted molar refractivity (Wildman–Crippen MR) is 177 cm³/mol. The Morgan fingerprint density at radius 3 is 2.23 bits per heavy atom. The number of aromatic nitrogens is 1. The molecule has 0 spiro atoms. The van der Waals surface area contributed by atoms with Gasteiger partial charge < -0.3 is 9.80 Å². The van der Waals surface area contributed by atoms with Gasteiger partial charge in [0.25, 0.3) is 5.91 Å². The van der Waals surface area contributed by atoms with Crippen molar-refractivity contribution in [3.63, 3.8) is 0 Å². The van der Waals surface area contributed by atoms with Crippen LogP contribution < -0.4 is 9.62 Å². The largest absolute Gasteiger partial charge is 0.364 e. The Labute approximate surface area is 263 Å². The second kappa shape index (κ2) is 13.8. The molecule has 9 heteroatoms. The minimum absolute atomic E-state index is 0.0900. The Balaban J connectivity index is 1.22. The van der Waals surface area contributed by atoms with Gasteiger partial charge in [-0.2, -0.15) is 0 Å². The first-order chi connectivity index (χ1) is 21.0. The molecule has 1 N–H and O–H groups in total. The maximum atomic E-state index is 13.4. The lowest BCUT2D eigenvalue weighted by molar-refractivity contribution is 0.0170. The van der Waals surface area contributed by atoms with Crippen LogP contribution in [0.25, 0.3) is 0 Å². The van der Waals surface area contributed by atoms with E-state index >= 15 is 0 Å². The molecule has 3 heterocycles. The molecule has 0 saturated carbocycles. The molecule has 5 rings (SSSR count). The van der Waals surface area contributed by atoms with E-state index < -0.39 is 10.0 Å². The summed E-state index contributed by atoms with van der Waals surface area (Å²) in [4.78, 5) is 25.0. The Bertz CT molecular complexity index is 1490. The Morgan fingerprint density at radius 2 is 1.61 bits per heavy atom. The molecule has 1 amide bonds. The van der Waals surface area contributed by atoms with Crippen molar-refractivity contribution >= 4 is 21.6 Å². The number of benzene rings is 2. The SMILES string of the molecule is Cc1ccnc(C)c1C(=O)N1CCC(C)(N2CCC(N(Cc3ccccc3)c3ccc(CCNS(C)(=O)=O)cc3)CC2)CC1. The number of hydrogen-bond donors (Lipinski definition) is 1. The molecule has 1 aromatic heterocycles. The number of rotatable bonds is 10. The second-order valence-corrected chi connectivity index (χ2v) is 14.6. The Morgan fingerprint density at radius 1 is 0.955 bits per heavy atom. The van der Waals surface area contributed by atoms with E-state index in [2.05, 4.69) is 81.0 Å². The highest BCUT2D eigenvalue weighted by Crippen LogP contribution is 2.34. The molecule has 2 aromatic carbocycles. The number of hydrogen-bond acceptors (Lipinski definition) is 6. The Kier molecular flexibility index (Phi) is 10.1. The van der Waals surface area contributed by atoms with E-state index in [1.807, 2.05) is 24.8 Å². The number of pyridine rings is 1. The van der Waals surface area contributed by atoms with Gasteiger partial charge in [-0.05, 0) is 87.8 Å². The second-order valence-electron chi connectivity index (χ2n) is 12.8. The average molecular weight is 618 g/mol. The normalized spacial score (nSPS) is 17.9. The van der Waals surface area contributed by atoms with Crippen LogP contribution in [0.5, 0.6) is 0 Å². The maximum Gasteiger partial charge on any atom is 0.255 e. The molecule has 0 aliphatic carbocycles. The summed E-state index contributed by atoms with van der Waals surface area (Å²) in [6.07, 6.45) is 7.75. The monoisotopic (exact) mass is 617 g/mol. The summed E-state index contributed by atoms with van der Waals surface area (Å²) < 4.78 is 25.5. The smallest absolute Gasteiger partial charge is 0.255 e. The minimum Gasteiger partial charge on any atom is -0.364 e. The fraction of sp³-hybridized carbons (Fsp3) is 0.486. The quantitative estimate of drug-likeness (QED) is 0.346. The van der Waals surface area contributed by atoms with Gasteiger partial charge in [0.2, 0.25) is 10.0 Å². The maximum absolute atomic E-state index is 13.4. The van der Waals surface area contributed by atoms with Gasteiger partial charge in [-0.15, -0.1) is 0 Å². The van der Waals surface area contributed by atoms with Crippen molar-refractivity contribution in [3.8, 4) is 0 Å². The number of anilines is 1. The zero-order chi connectivity index (χ0) is 31.3. The summed E-state index contributed by atoms with van der Waals surface area (Å²) in [5.74, 6) is 0.114. The van der Waals surface area contributed by atoms with Gasteiger partial charge in [-0.25, -0.2) is 13.1 Å². The fourth-order valence-corrected chi connectivity index (χ4v) is 7.32. The van der Waals surface area contributed by atoms with Gasteiger partial charge >= 0.3 is 0 Å². The zero-order valence-electron chi connectivity index (χ0n) is 26.6. The van der Waals surface area contributed by atoms with E-state index in [0.717, 1.165) is 80.8 Å². The summed E-state index contributed by atoms with van der Waals surface area (Å²) in [6, 6.07) is 21.6. The zero-order valence-corrected chi connectivity index (χ0v) is 27.4. The molecule has 2 aliphatic rings. The summed E-state index contributed by atoms with van der Waals surface area (Å²) >= 11 is 0. The molecule has 44 heavy (non-hydrogen) atoms. The van der Waals surface area contributed by atoms with Gasteiger partial charge in [-0.1, -0.05) is 42.5 Å². The number of carbonyl (C=O) groups excluding carboxylic acids is 1. The molecule has 236 valence electrons. The van der Waals surface area contributed by atoms with E-state index in [-0.39, 0.29) is 11.4 Å². The molecule has 8 nitrogen and oxygen atoms in total. The lowest BCUT2D eigenvalue weighted by Gasteiger charge is -2.50. The van der Waals surface area contributed by atoms with Crippen LogP contribution in [0.2, 0.25) is 0 Å². The highest BCUT2D eigenvalue weighted by Gasteiger charge is 2.39. The van der Waals surface area contributed by atoms with Crippen molar-refractivity contribution < 1.29 is 13.2 Å². The van der Waals surface area contributed by atoms with Crippen LogP contribution in [0, 0.1) is 13.8 Å². The Hall–Kier alpha value is -3.27. The molecule has 2 fully saturated rings. The summed E-state index contributed by atoms with van der Waals surface area (Å²) in [5, 5.41) is 0. The van der Waals surface area contributed by atoms with Gasteiger partial charge in [0.1, 0.15) is 0 Å². The van der Waals surface area contributed by atoms with Crippen LogP contribution >= 0.6 is 0 Å². The molecule has 0 atom stereocenters. The predicted octanol–water partition coefficient (Wildman–Crippen LogP) is 4.96. The third-order valence-electron chi connectivity index (χ3n) is 9.60. The summed E-state index contributed by atoms with van der Waals surface area (Å²) in [5.41, 5.74) is 6.26. The number of nitrogens with one attached hydrogen (secondary N) is 1. The molecule has 2 aliphatic heterocycles. The first-order valence-electron chi connectivity index (χ1n) is 15.8. The number of amides is 1. The topological polar surface area (TPSA) is 85.8 Å². The van der Waals surface area contributed by atoms with Crippen LogP contribution in [0.4, 0.5) is 5.69 Å². The van der Waals surface area contributed by atoms with Gasteiger partial charge in [-0.3, -0.25) is 14.7 Å². The minimum atomic E-state index is -3.19. The number of aryl methyl sites for hydroxylation is 2. The van der Waals surface area contributed by atoms with Crippen molar-refractivity contribution in [2.75, 3.05) is 43.9 Å². The molecule has 2 saturated heterocycles. The molecular weight excluding hydrogens is 570 g/mol. The van der Waals surface area contributed by atoms with Crippen molar-refractivity contribution in [1.29, 1.82) is 0 Å². The summed E-state index contributed by atoms with van der Waals surface area (Å²) in [6.45, 7) is 11.2. The molecule has 0 unspecified atom stereocenters. The van der Waals surface area contributed by atoms with E-state index in [4.69, 9.17) is 0 Å². The lowest BCUT2D eigenvalue weighted by Crippen LogP contribution is -2.58.